The lowest BCUT2D eigenvalue weighted by atomic mass is 10.2. The van der Waals surface area contributed by atoms with Gasteiger partial charge in [0.1, 0.15) is 11.6 Å². The first-order chi connectivity index (χ1) is 8.72. The third kappa shape index (κ3) is 1.93. The second kappa shape index (κ2) is 4.15. The van der Waals surface area contributed by atoms with Gasteiger partial charge in [-0.3, -0.25) is 0 Å². The summed E-state index contributed by atoms with van der Waals surface area (Å²) in [6.45, 7) is 1.45. The van der Waals surface area contributed by atoms with E-state index in [0.29, 0.717) is 12.4 Å². The molecule has 18 heavy (non-hydrogen) atoms. The molecular weight excluding hydrogens is 230 g/mol. The molecule has 0 spiro atoms. The van der Waals surface area contributed by atoms with E-state index in [4.69, 9.17) is 5.73 Å². The van der Waals surface area contributed by atoms with Crippen LogP contribution in [0.2, 0.25) is 0 Å². The second-order valence-electron chi connectivity index (χ2n) is 4.13. The van der Waals surface area contributed by atoms with E-state index < -0.39 is 0 Å². The lowest BCUT2D eigenvalue weighted by Crippen LogP contribution is -2.05. The number of hydrogen-bond donors (Lipinski definition) is 4. The van der Waals surface area contributed by atoms with E-state index in [1.807, 2.05) is 0 Å². The van der Waals surface area contributed by atoms with Gasteiger partial charge in [-0.15, -0.1) is 0 Å². The maximum Gasteiger partial charge on any atom is 0.222 e. The van der Waals surface area contributed by atoms with Gasteiger partial charge in [-0.05, 0) is 24.3 Å². The molecule has 6 nitrogen and oxygen atoms in total. The van der Waals surface area contributed by atoms with Crippen molar-refractivity contribution in [1.29, 1.82) is 0 Å². The summed E-state index contributed by atoms with van der Waals surface area (Å²) in [5.41, 5.74) is 8.50. The van der Waals surface area contributed by atoms with Crippen molar-refractivity contribution >= 4 is 17.5 Å². The molecule has 1 aliphatic heterocycles. The number of nitrogen functional groups attached to an aromatic ring is 1. The molecule has 0 saturated heterocycles. The SMILES string of the molecule is Nc1nc2c(c(Nc3ccc(O)cc3)n1)CNC2. The largest absolute Gasteiger partial charge is 0.508 e. The Bertz CT molecular complexity index is 582. The van der Waals surface area contributed by atoms with Crippen LogP contribution < -0.4 is 16.4 Å². The molecule has 0 unspecified atom stereocenters. The molecule has 2 heterocycles. The van der Waals surface area contributed by atoms with Crippen LogP contribution in [0.3, 0.4) is 0 Å². The van der Waals surface area contributed by atoms with Crippen LogP contribution in [-0.2, 0) is 13.1 Å². The van der Waals surface area contributed by atoms with E-state index in [9.17, 15) is 5.11 Å². The van der Waals surface area contributed by atoms with Crippen LogP contribution in [-0.4, -0.2) is 15.1 Å². The molecule has 6 heteroatoms. The number of aromatic hydroxyl groups is 1. The zero-order valence-electron chi connectivity index (χ0n) is 9.64. The predicted molar refractivity (Wildman–Crippen MR) is 68.4 cm³/mol. The quantitative estimate of drug-likeness (QED) is 0.590. The molecule has 0 aliphatic carbocycles. The average Bonchev–Trinajstić information content (AvgIpc) is 2.80. The molecule has 0 atom stereocenters. The van der Waals surface area contributed by atoms with E-state index in [-0.39, 0.29) is 11.7 Å². The van der Waals surface area contributed by atoms with Crippen molar-refractivity contribution in [2.45, 2.75) is 13.1 Å². The van der Waals surface area contributed by atoms with Gasteiger partial charge < -0.3 is 21.5 Å². The van der Waals surface area contributed by atoms with E-state index in [1.54, 1.807) is 24.3 Å². The standard InChI is InChI=1S/C12H13N5O/c13-12-16-10-6-14-5-9(10)11(17-12)15-7-1-3-8(18)4-2-7/h1-4,14,18H,5-6H2,(H3,13,15,16,17). The Labute approximate surface area is 104 Å². The molecule has 3 rings (SSSR count). The van der Waals surface area contributed by atoms with Crippen LogP contribution in [0.25, 0.3) is 0 Å². The topological polar surface area (TPSA) is 96.1 Å². The minimum absolute atomic E-state index is 0.231. The molecule has 5 N–H and O–H groups in total. The number of anilines is 3. The number of rotatable bonds is 2. The molecule has 1 aromatic carbocycles. The Hall–Kier alpha value is -2.34. The van der Waals surface area contributed by atoms with Crippen LogP contribution in [0, 0.1) is 0 Å². The van der Waals surface area contributed by atoms with Gasteiger partial charge in [0, 0.05) is 24.3 Å². The highest BCUT2D eigenvalue weighted by Crippen LogP contribution is 2.25. The minimum Gasteiger partial charge on any atom is -0.508 e. The number of phenolic OH excluding ortho intramolecular Hbond substituents is 1. The number of benzene rings is 1. The summed E-state index contributed by atoms with van der Waals surface area (Å²) in [4.78, 5) is 8.41. The summed E-state index contributed by atoms with van der Waals surface area (Å²) in [6, 6.07) is 6.79. The van der Waals surface area contributed by atoms with Crippen LogP contribution in [0.5, 0.6) is 5.75 Å². The number of nitrogens with two attached hydrogens (primary N) is 1. The third-order valence-corrected chi connectivity index (χ3v) is 2.83. The molecule has 1 aromatic heterocycles. The van der Waals surface area contributed by atoms with Crippen molar-refractivity contribution in [3.63, 3.8) is 0 Å². The first-order valence-corrected chi connectivity index (χ1v) is 5.64. The van der Waals surface area contributed by atoms with Gasteiger partial charge in [-0.2, -0.15) is 4.98 Å². The first kappa shape index (κ1) is 10.8. The van der Waals surface area contributed by atoms with E-state index >= 15 is 0 Å². The maximum absolute atomic E-state index is 9.24. The van der Waals surface area contributed by atoms with Crippen LogP contribution in [0.15, 0.2) is 24.3 Å². The van der Waals surface area contributed by atoms with Crippen molar-refractivity contribution in [2.24, 2.45) is 0 Å². The molecule has 1 aliphatic rings. The van der Waals surface area contributed by atoms with Gasteiger partial charge in [0.2, 0.25) is 5.95 Å². The Morgan fingerprint density at radius 2 is 1.94 bits per heavy atom. The highest BCUT2D eigenvalue weighted by Gasteiger charge is 2.18. The molecule has 0 fully saturated rings. The molecule has 0 radical (unpaired) electrons. The average molecular weight is 243 g/mol. The minimum atomic E-state index is 0.231. The third-order valence-electron chi connectivity index (χ3n) is 2.83. The number of phenols is 1. The highest BCUT2D eigenvalue weighted by molar-refractivity contribution is 5.62. The fourth-order valence-corrected chi connectivity index (χ4v) is 1.97. The van der Waals surface area contributed by atoms with Crippen molar-refractivity contribution in [1.82, 2.24) is 15.3 Å². The van der Waals surface area contributed by atoms with Gasteiger partial charge in [0.25, 0.3) is 0 Å². The van der Waals surface area contributed by atoms with Crippen molar-refractivity contribution in [3.8, 4) is 5.75 Å². The van der Waals surface area contributed by atoms with Gasteiger partial charge in [0.05, 0.1) is 5.69 Å². The molecular formula is C12H13N5O. The summed E-state index contributed by atoms with van der Waals surface area (Å²) >= 11 is 0. The summed E-state index contributed by atoms with van der Waals surface area (Å²) in [5.74, 6) is 1.21. The highest BCUT2D eigenvalue weighted by atomic mass is 16.3. The summed E-state index contributed by atoms with van der Waals surface area (Å²) in [6.07, 6.45) is 0. The Kier molecular flexibility index (Phi) is 2.49. The van der Waals surface area contributed by atoms with Crippen molar-refractivity contribution in [2.75, 3.05) is 11.1 Å². The first-order valence-electron chi connectivity index (χ1n) is 5.64. The maximum atomic E-state index is 9.24. The summed E-state index contributed by atoms with van der Waals surface area (Å²) in [7, 11) is 0. The Balaban J connectivity index is 1.95. The van der Waals surface area contributed by atoms with Crippen LogP contribution in [0.4, 0.5) is 17.5 Å². The number of aromatic nitrogens is 2. The van der Waals surface area contributed by atoms with Crippen LogP contribution >= 0.6 is 0 Å². The Morgan fingerprint density at radius 3 is 2.72 bits per heavy atom. The Morgan fingerprint density at radius 1 is 1.17 bits per heavy atom. The lowest BCUT2D eigenvalue weighted by molar-refractivity contribution is 0.475. The number of fused-ring (bicyclic) bond motifs is 1. The van der Waals surface area contributed by atoms with Crippen LogP contribution in [0.1, 0.15) is 11.3 Å². The zero-order valence-corrected chi connectivity index (χ0v) is 9.64. The fraction of sp³-hybridized carbons (Fsp3) is 0.167. The molecule has 0 saturated carbocycles. The second-order valence-corrected chi connectivity index (χ2v) is 4.13. The van der Waals surface area contributed by atoms with Gasteiger partial charge >= 0.3 is 0 Å². The fourth-order valence-electron chi connectivity index (χ4n) is 1.97. The summed E-state index contributed by atoms with van der Waals surface area (Å²) < 4.78 is 0. The number of nitrogens with one attached hydrogen (secondary N) is 2. The van der Waals surface area contributed by atoms with E-state index in [2.05, 4.69) is 20.6 Å². The van der Waals surface area contributed by atoms with Crippen molar-refractivity contribution < 1.29 is 5.11 Å². The molecule has 2 aromatic rings. The smallest absolute Gasteiger partial charge is 0.222 e. The monoisotopic (exact) mass is 243 g/mol. The zero-order chi connectivity index (χ0) is 12.5. The molecule has 0 amide bonds. The summed E-state index contributed by atoms with van der Waals surface area (Å²) in [5, 5.41) is 15.6. The van der Waals surface area contributed by atoms with Gasteiger partial charge in [0.15, 0.2) is 0 Å². The van der Waals surface area contributed by atoms with Crippen molar-refractivity contribution in [3.05, 3.63) is 35.5 Å². The van der Waals surface area contributed by atoms with E-state index in [0.717, 1.165) is 23.5 Å². The normalized spacial score (nSPS) is 13.3. The number of nitrogens with zero attached hydrogens (tertiary/aromatic N) is 2. The predicted octanol–water partition coefficient (Wildman–Crippen LogP) is 1.11. The molecule has 0 bridgehead atoms. The molecule has 92 valence electrons. The van der Waals surface area contributed by atoms with E-state index in [1.165, 1.54) is 0 Å². The number of hydrogen-bond acceptors (Lipinski definition) is 6. The van der Waals surface area contributed by atoms with Gasteiger partial charge in [-0.25, -0.2) is 4.98 Å². The lowest BCUT2D eigenvalue weighted by Gasteiger charge is -2.10. The van der Waals surface area contributed by atoms with Gasteiger partial charge in [-0.1, -0.05) is 0 Å².